The molecule has 184 valence electrons. The smallest absolute Gasteiger partial charge is 0.343 e. The van der Waals surface area contributed by atoms with Crippen LogP contribution in [-0.4, -0.2) is 28.1 Å². The fraction of sp³-hybridized carbons (Fsp3) is 0.0357. The van der Waals surface area contributed by atoms with Crippen LogP contribution >= 0.6 is 0 Å². The van der Waals surface area contributed by atoms with Crippen molar-refractivity contribution in [3.8, 4) is 5.75 Å². The number of aliphatic hydroxyl groups is 1. The number of nitro benzene ring substituents is 1. The zero-order valence-electron chi connectivity index (χ0n) is 19.4. The largest absolute Gasteiger partial charge is 0.423 e. The number of nitrogens with one attached hydrogen (secondary N) is 1. The quantitative estimate of drug-likeness (QED) is 0.124. The lowest BCUT2D eigenvalue weighted by atomic mass is 9.85. The average Bonchev–Trinajstić information content (AvgIpc) is 2.94. The van der Waals surface area contributed by atoms with Crippen LogP contribution in [0.2, 0.25) is 0 Å². The van der Waals surface area contributed by atoms with Crippen LogP contribution < -0.4 is 10.2 Å². The van der Waals surface area contributed by atoms with Crippen molar-refractivity contribution in [2.24, 2.45) is 5.10 Å². The van der Waals surface area contributed by atoms with Crippen molar-refractivity contribution in [2.75, 3.05) is 0 Å². The van der Waals surface area contributed by atoms with E-state index in [1.807, 2.05) is 0 Å². The van der Waals surface area contributed by atoms with Crippen LogP contribution in [0.5, 0.6) is 5.75 Å². The van der Waals surface area contributed by atoms with Gasteiger partial charge in [-0.3, -0.25) is 14.9 Å². The number of hydrogen-bond donors (Lipinski definition) is 2. The molecule has 0 fully saturated rings. The molecule has 0 bridgehead atoms. The Balaban J connectivity index is 1.43. The molecular weight excluding hydrogens is 474 g/mol. The van der Waals surface area contributed by atoms with E-state index in [1.54, 1.807) is 72.8 Å². The SMILES string of the molecule is O=C(Oc1ccc(/C=N\NC(=O)C(O)(c2ccccc2)c2ccccc2)cc1)c1cccc([N+](=O)[O-])c1. The van der Waals surface area contributed by atoms with Crippen LogP contribution in [0.1, 0.15) is 27.0 Å². The van der Waals surface area contributed by atoms with Crippen molar-refractivity contribution < 1.29 is 24.4 Å². The third-order valence-electron chi connectivity index (χ3n) is 5.47. The molecule has 0 unspecified atom stereocenters. The van der Waals surface area contributed by atoms with Crippen molar-refractivity contribution in [2.45, 2.75) is 5.60 Å². The zero-order valence-corrected chi connectivity index (χ0v) is 19.4. The molecule has 4 aromatic rings. The minimum absolute atomic E-state index is 0.0480. The van der Waals surface area contributed by atoms with E-state index in [2.05, 4.69) is 10.5 Å². The molecule has 0 spiro atoms. The summed E-state index contributed by atoms with van der Waals surface area (Å²) >= 11 is 0. The fourth-order valence-electron chi connectivity index (χ4n) is 3.57. The van der Waals surface area contributed by atoms with Gasteiger partial charge in [0.05, 0.1) is 16.7 Å². The Bertz CT molecular complexity index is 1400. The van der Waals surface area contributed by atoms with Crippen LogP contribution in [0.3, 0.4) is 0 Å². The Morgan fingerprint density at radius 3 is 2.03 bits per heavy atom. The van der Waals surface area contributed by atoms with Crippen LogP contribution in [0, 0.1) is 10.1 Å². The van der Waals surface area contributed by atoms with E-state index < -0.39 is 22.4 Å². The minimum atomic E-state index is -1.95. The number of ether oxygens (including phenoxy) is 1. The molecule has 37 heavy (non-hydrogen) atoms. The van der Waals surface area contributed by atoms with Crippen LogP contribution in [-0.2, 0) is 10.4 Å². The van der Waals surface area contributed by atoms with Gasteiger partial charge in [-0.25, -0.2) is 10.2 Å². The third kappa shape index (κ3) is 5.75. The molecule has 1 amide bonds. The van der Waals surface area contributed by atoms with E-state index in [1.165, 1.54) is 36.5 Å². The Morgan fingerprint density at radius 2 is 1.46 bits per heavy atom. The molecule has 0 aromatic heterocycles. The highest BCUT2D eigenvalue weighted by molar-refractivity contribution is 5.92. The molecule has 0 aliphatic heterocycles. The monoisotopic (exact) mass is 495 g/mol. The second-order valence-electron chi connectivity index (χ2n) is 7.91. The molecule has 0 saturated carbocycles. The third-order valence-corrected chi connectivity index (χ3v) is 5.47. The Labute approximate surface area is 211 Å². The molecule has 0 radical (unpaired) electrons. The van der Waals surface area contributed by atoms with Gasteiger partial charge in [-0.15, -0.1) is 0 Å². The van der Waals surface area contributed by atoms with Crippen LogP contribution in [0.4, 0.5) is 5.69 Å². The average molecular weight is 495 g/mol. The zero-order chi connectivity index (χ0) is 26.3. The topological polar surface area (TPSA) is 131 Å². The summed E-state index contributed by atoms with van der Waals surface area (Å²) in [6, 6.07) is 28.6. The first-order valence-electron chi connectivity index (χ1n) is 11.1. The van der Waals surface area contributed by atoms with Gasteiger partial charge >= 0.3 is 5.97 Å². The summed E-state index contributed by atoms with van der Waals surface area (Å²) in [4.78, 5) is 35.7. The van der Waals surface area contributed by atoms with Gasteiger partial charge in [-0.2, -0.15) is 5.10 Å². The molecule has 0 aliphatic carbocycles. The highest BCUT2D eigenvalue weighted by atomic mass is 16.6. The molecule has 4 aromatic carbocycles. The van der Waals surface area contributed by atoms with Crippen LogP contribution in [0.15, 0.2) is 114 Å². The lowest BCUT2D eigenvalue weighted by Crippen LogP contribution is -2.43. The molecule has 9 nitrogen and oxygen atoms in total. The second-order valence-corrected chi connectivity index (χ2v) is 7.91. The number of benzene rings is 4. The summed E-state index contributed by atoms with van der Waals surface area (Å²) < 4.78 is 5.27. The van der Waals surface area contributed by atoms with Gasteiger partial charge in [-0.1, -0.05) is 66.7 Å². The van der Waals surface area contributed by atoms with E-state index in [4.69, 9.17) is 4.74 Å². The maximum absolute atomic E-state index is 13.1. The molecule has 4 rings (SSSR count). The van der Waals surface area contributed by atoms with E-state index in [0.29, 0.717) is 16.7 Å². The first-order valence-corrected chi connectivity index (χ1v) is 11.1. The van der Waals surface area contributed by atoms with E-state index in [0.717, 1.165) is 6.07 Å². The van der Waals surface area contributed by atoms with Gasteiger partial charge in [0.25, 0.3) is 11.6 Å². The summed E-state index contributed by atoms with van der Waals surface area (Å²) in [5.41, 5.74) is 1.64. The number of nitrogens with zero attached hydrogens (tertiary/aromatic N) is 2. The highest BCUT2D eigenvalue weighted by Crippen LogP contribution is 2.29. The predicted octanol–water partition coefficient (Wildman–Crippen LogP) is 4.20. The Hall–Kier alpha value is -5.15. The molecule has 9 heteroatoms. The van der Waals surface area contributed by atoms with Gasteiger partial charge in [0.2, 0.25) is 0 Å². The number of esters is 1. The predicted molar refractivity (Wildman–Crippen MR) is 136 cm³/mol. The van der Waals surface area contributed by atoms with Gasteiger partial charge < -0.3 is 9.84 Å². The first kappa shape index (κ1) is 25.0. The number of hydrazone groups is 1. The Morgan fingerprint density at radius 1 is 0.865 bits per heavy atom. The molecule has 0 heterocycles. The Kier molecular flexibility index (Phi) is 7.46. The summed E-state index contributed by atoms with van der Waals surface area (Å²) in [5, 5.41) is 26.3. The van der Waals surface area contributed by atoms with Crippen molar-refractivity contribution in [1.29, 1.82) is 0 Å². The molecule has 0 atom stereocenters. The minimum Gasteiger partial charge on any atom is -0.423 e. The second kappa shape index (κ2) is 11.1. The van der Waals surface area contributed by atoms with E-state index in [-0.39, 0.29) is 17.0 Å². The maximum atomic E-state index is 13.1. The van der Waals surface area contributed by atoms with E-state index in [9.17, 15) is 24.8 Å². The fourth-order valence-corrected chi connectivity index (χ4v) is 3.57. The summed E-state index contributed by atoms with van der Waals surface area (Å²) in [6.07, 6.45) is 1.38. The van der Waals surface area contributed by atoms with Crippen molar-refractivity contribution in [1.82, 2.24) is 5.43 Å². The van der Waals surface area contributed by atoms with Crippen molar-refractivity contribution in [3.63, 3.8) is 0 Å². The number of amides is 1. The van der Waals surface area contributed by atoms with Crippen molar-refractivity contribution in [3.05, 3.63) is 142 Å². The van der Waals surface area contributed by atoms with Gasteiger partial charge in [0.1, 0.15) is 5.75 Å². The normalized spacial score (nSPS) is 11.2. The lowest BCUT2D eigenvalue weighted by Gasteiger charge is -2.27. The molecule has 0 saturated heterocycles. The maximum Gasteiger partial charge on any atom is 0.343 e. The number of carbonyl (C=O) groups excluding carboxylic acids is 2. The lowest BCUT2D eigenvalue weighted by molar-refractivity contribution is -0.384. The number of carbonyl (C=O) groups is 2. The van der Waals surface area contributed by atoms with Gasteiger partial charge in [0, 0.05) is 12.1 Å². The number of non-ortho nitro benzene ring substituents is 1. The molecule has 0 aliphatic rings. The molecule has 2 N–H and O–H groups in total. The van der Waals surface area contributed by atoms with Crippen molar-refractivity contribution >= 4 is 23.8 Å². The number of rotatable bonds is 8. The summed E-state index contributed by atoms with van der Waals surface area (Å²) in [6.45, 7) is 0. The molecular formula is C28H21N3O6. The van der Waals surface area contributed by atoms with Crippen LogP contribution in [0.25, 0.3) is 0 Å². The standard InChI is InChI=1S/C28H21N3O6/c32-26(21-8-7-13-24(18-21)31(35)36)37-25-16-14-20(15-17-25)19-29-30-27(33)28(34,22-9-3-1-4-10-22)23-11-5-2-6-12-23/h1-19,34H,(H,30,33)/b29-19-. The first-order chi connectivity index (χ1) is 17.9. The van der Waals surface area contributed by atoms with Gasteiger partial charge in [0.15, 0.2) is 5.60 Å². The highest BCUT2D eigenvalue weighted by Gasteiger charge is 2.39. The van der Waals surface area contributed by atoms with E-state index >= 15 is 0 Å². The summed E-state index contributed by atoms with van der Waals surface area (Å²) in [5.74, 6) is -1.25. The summed E-state index contributed by atoms with van der Waals surface area (Å²) in [7, 11) is 0. The van der Waals surface area contributed by atoms with Gasteiger partial charge in [-0.05, 0) is 47.0 Å². The number of hydrogen-bond acceptors (Lipinski definition) is 7. The number of nitro groups is 1.